The van der Waals surface area contributed by atoms with Crippen LogP contribution in [0.25, 0.3) is 0 Å². The molecule has 2 atom stereocenters. The second-order valence-electron chi connectivity index (χ2n) is 3.35. The first-order valence-corrected chi connectivity index (χ1v) is 4.48. The van der Waals surface area contributed by atoms with Crippen molar-refractivity contribution in [3.8, 4) is 6.07 Å². The van der Waals surface area contributed by atoms with Crippen LogP contribution in [0.4, 0.5) is 0 Å². The predicted octanol–water partition coefficient (Wildman–Crippen LogP) is 0.532. The Hall–Kier alpha value is -1.08. The molecule has 0 bridgehead atoms. The third-order valence-electron chi connectivity index (χ3n) is 1.63. The molecular weight excluding hydrogens is 166 g/mol. The summed E-state index contributed by atoms with van der Waals surface area (Å²) in [7, 11) is 0. The van der Waals surface area contributed by atoms with Crippen molar-refractivity contribution in [3.63, 3.8) is 0 Å². The molecule has 0 aromatic carbocycles. The highest BCUT2D eigenvalue weighted by molar-refractivity contribution is 5.76. The van der Waals surface area contributed by atoms with Gasteiger partial charge in [0.1, 0.15) is 0 Å². The fourth-order valence-corrected chi connectivity index (χ4v) is 0.894. The standard InChI is InChI=1S/C9H17N3O/c1-7(11)3-4-9(13)12-8(2)5-6-10/h7-8H,3-5,11H2,1-2H3,(H,12,13). The van der Waals surface area contributed by atoms with Gasteiger partial charge < -0.3 is 11.1 Å². The van der Waals surface area contributed by atoms with Crippen LogP contribution >= 0.6 is 0 Å². The van der Waals surface area contributed by atoms with Crippen molar-refractivity contribution in [3.05, 3.63) is 0 Å². The molecule has 1 amide bonds. The highest BCUT2D eigenvalue weighted by atomic mass is 16.1. The Bertz CT molecular complexity index is 196. The van der Waals surface area contributed by atoms with Crippen molar-refractivity contribution in [2.45, 2.75) is 45.2 Å². The number of hydrogen-bond donors (Lipinski definition) is 2. The van der Waals surface area contributed by atoms with Crippen LogP contribution in [0.15, 0.2) is 0 Å². The molecule has 0 fully saturated rings. The number of carbonyl (C=O) groups excluding carboxylic acids is 1. The van der Waals surface area contributed by atoms with E-state index in [-0.39, 0.29) is 18.0 Å². The summed E-state index contributed by atoms with van der Waals surface area (Å²) in [5.74, 6) is -0.0277. The molecule has 0 saturated heterocycles. The van der Waals surface area contributed by atoms with E-state index < -0.39 is 0 Å². The third-order valence-corrected chi connectivity index (χ3v) is 1.63. The highest BCUT2D eigenvalue weighted by Crippen LogP contribution is 1.95. The number of hydrogen-bond acceptors (Lipinski definition) is 3. The largest absolute Gasteiger partial charge is 0.353 e. The van der Waals surface area contributed by atoms with Gasteiger partial charge in [0.05, 0.1) is 12.5 Å². The third kappa shape index (κ3) is 7.29. The van der Waals surface area contributed by atoms with Crippen molar-refractivity contribution < 1.29 is 4.79 Å². The van der Waals surface area contributed by atoms with E-state index in [1.54, 1.807) is 0 Å². The molecule has 0 spiro atoms. The van der Waals surface area contributed by atoms with Crippen molar-refractivity contribution in [2.24, 2.45) is 5.73 Å². The predicted molar refractivity (Wildman–Crippen MR) is 50.7 cm³/mol. The van der Waals surface area contributed by atoms with E-state index in [4.69, 9.17) is 11.0 Å². The lowest BCUT2D eigenvalue weighted by Gasteiger charge is -2.10. The fourth-order valence-electron chi connectivity index (χ4n) is 0.894. The van der Waals surface area contributed by atoms with Crippen molar-refractivity contribution in [1.29, 1.82) is 5.26 Å². The number of amides is 1. The van der Waals surface area contributed by atoms with Crippen LogP contribution in [0.3, 0.4) is 0 Å². The lowest BCUT2D eigenvalue weighted by Crippen LogP contribution is -2.33. The van der Waals surface area contributed by atoms with Crippen LogP contribution < -0.4 is 11.1 Å². The fraction of sp³-hybridized carbons (Fsp3) is 0.778. The topological polar surface area (TPSA) is 78.9 Å². The monoisotopic (exact) mass is 183 g/mol. The summed E-state index contributed by atoms with van der Waals surface area (Å²) >= 11 is 0. The van der Waals surface area contributed by atoms with E-state index in [1.165, 1.54) is 0 Å². The molecule has 13 heavy (non-hydrogen) atoms. The first kappa shape index (κ1) is 11.9. The molecule has 2 unspecified atom stereocenters. The van der Waals surface area contributed by atoms with Gasteiger partial charge >= 0.3 is 0 Å². The molecule has 0 aliphatic rings. The maximum Gasteiger partial charge on any atom is 0.220 e. The van der Waals surface area contributed by atoms with Gasteiger partial charge in [0.15, 0.2) is 0 Å². The van der Waals surface area contributed by atoms with Crippen molar-refractivity contribution in [1.82, 2.24) is 5.32 Å². The van der Waals surface area contributed by atoms with Crippen molar-refractivity contribution >= 4 is 5.91 Å². The van der Waals surface area contributed by atoms with Gasteiger partial charge in [-0.2, -0.15) is 5.26 Å². The maximum atomic E-state index is 11.2. The van der Waals surface area contributed by atoms with Crippen LogP contribution in [0, 0.1) is 11.3 Å². The van der Waals surface area contributed by atoms with Crippen LogP contribution in [-0.4, -0.2) is 18.0 Å². The molecule has 0 heterocycles. The summed E-state index contributed by atoms with van der Waals surface area (Å²) in [6, 6.07) is 1.99. The van der Waals surface area contributed by atoms with Crippen LogP contribution in [0.1, 0.15) is 33.1 Å². The second kappa shape index (κ2) is 6.44. The minimum atomic E-state index is -0.0643. The highest BCUT2D eigenvalue weighted by Gasteiger charge is 2.07. The molecule has 4 nitrogen and oxygen atoms in total. The molecule has 3 N–H and O–H groups in total. The van der Waals surface area contributed by atoms with Crippen LogP contribution in [0.2, 0.25) is 0 Å². The van der Waals surface area contributed by atoms with Gasteiger partial charge in [0.25, 0.3) is 0 Å². The zero-order valence-electron chi connectivity index (χ0n) is 8.21. The van der Waals surface area contributed by atoms with E-state index >= 15 is 0 Å². The molecule has 4 heteroatoms. The summed E-state index contributed by atoms with van der Waals surface area (Å²) < 4.78 is 0. The van der Waals surface area contributed by atoms with E-state index in [0.717, 1.165) is 0 Å². The Kier molecular flexibility index (Phi) is 5.90. The molecule has 0 radical (unpaired) electrons. The Morgan fingerprint density at radius 3 is 2.69 bits per heavy atom. The molecule has 0 aliphatic heterocycles. The minimum Gasteiger partial charge on any atom is -0.353 e. The molecule has 0 aromatic heterocycles. The normalized spacial score (nSPS) is 14.3. The molecule has 0 saturated carbocycles. The molecule has 74 valence electrons. The number of carbonyl (C=O) groups is 1. The van der Waals surface area contributed by atoms with Gasteiger partial charge in [-0.3, -0.25) is 4.79 Å². The lowest BCUT2D eigenvalue weighted by molar-refractivity contribution is -0.121. The average Bonchev–Trinajstić information content (AvgIpc) is 2.01. The molecule has 0 aliphatic carbocycles. The minimum absolute atomic E-state index is 0.0277. The maximum absolute atomic E-state index is 11.2. The zero-order chi connectivity index (χ0) is 10.3. The Morgan fingerprint density at radius 1 is 1.62 bits per heavy atom. The van der Waals surface area contributed by atoms with Crippen LogP contribution in [-0.2, 0) is 4.79 Å². The summed E-state index contributed by atoms with van der Waals surface area (Å²) in [6.45, 7) is 3.68. The number of rotatable bonds is 5. The van der Waals surface area contributed by atoms with Gasteiger partial charge in [-0.05, 0) is 20.3 Å². The van der Waals surface area contributed by atoms with E-state index in [2.05, 4.69) is 5.32 Å². The Balaban J connectivity index is 3.57. The van der Waals surface area contributed by atoms with Gasteiger partial charge in [-0.15, -0.1) is 0 Å². The Morgan fingerprint density at radius 2 is 2.23 bits per heavy atom. The number of nitriles is 1. The van der Waals surface area contributed by atoms with E-state index in [9.17, 15) is 4.79 Å². The molecule has 0 rings (SSSR count). The van der Waals surface area contributed by atoms with Crippen molar-refractivity contribution in [2.75, 3.05) is 0 Å². The quantitative estimate of drug-likeness (QED) is 0.652. The number of nitrogens with zero attached hydrogens (tertiary/aromatic N) is 1. The smallest absolute Gasteiger partial charge is 0.220 e. The summed E-state index contributed by atoms with van der Waals surface area (Å²) in [5, 5.41) is 11.1. The SMILES string of the molecule is CC(N)CCC(=O)NC(C)CC#N. The second-order valence-corrected chi connectivity index (χ2v) is 3.35. The van der Waals surface area contributed by atoms with Crippen LogP contribution in [0.5, 0.6) is 0 Å². The van der Waals surface area contributed by atoms with Gasteiger partial charge in [-0.25, -0.2) is 0 Å². The van der Waals surface area contributed by atoms with E-state index in [0.29, 0.717) is 19.3 Å². The number of nitrogens with one attached hydrogen (secondary N) is 1. The first-order valence-electron chi connectivity index (χ1n) is 4.48. The van der Waals surface area contributed by atoms with Gasteiger partial charge in [0, 0.05) is 18.5 Å². The molecular formula is C9H17N3O. The summed E-state index contributed by atoms with van der Waals surface area (Å²) in [6.07, 6.45) is 1.47. The van der Waals surface area contributed by atoms with E-state index in [1.807, 2.05) is 19.9 Å². The number of nitrogens with two attached hydrogens (primary N) is 1. The van der Waals surface area contributed by atoms with Gasteiger partial charge in [0.2, 0.25) is 5.91 Å². The summed E-state index contributed by atoms with van der Waals surface area (Å²) in [4.78, 5) is 11.2. The average molecular weight is 183 g/mol. The Labute approximate surface area is 79.1 Å². The first-order chi connectivity index (χ1) is 6.06. The molecule has 0 aromatic rings. The zero-order valence-corrected chi connectivity index (χ0v) is 8.21. The van der Waals surface area contributed by atoms with Gasteiger partial charge in [-0.1, -0.05) is 0 Å². The lowest BCUT2D eigenvalue weighted by atomic mass is 10.2. The summed E-state index contributed by atoms with van der Waals surface area (Å²) in [5.41, 5.74) is 5.50.